The van der Waals surface area contributed by atoms with Crippen LogP contribution < -0.4 is 0 Å². The van der Waals surface area contributed by atoms with Gasteiger partial charge < -0.3 is 4.74 Å². The summed E-state index contributed by atoms with van der Waals surface area (Å²) in [5.74, 6) is 1.06. The highest BCUT2D eigenvalue weighted by Crippen LogP contribution is 2.40. The van der Waals surface area contributed by atoms with Gasteiger partial charge in [0.05, 0.1) is 0 Å². The zero-order valence-electron chi connectivity index (χ0n) is 6.62. The Morgan fingerprint density at radius 2 is 2.27 bits per heavy atom. The van der Waals surface area contributed by atoms with Crippen LogP contribution in [0.1, 0.15) is 19.8 Å². The monoisotopic (exact) mass is 152 g/mol. The van der Waals surface area contributed by atoms with Gasteiger partial charge >= 0.3 is 5.97 Å². The van der Waals surface area contributed by atoms with Crippen molar-refractivity contribution >= 4 is 5.97 Å². The summed E-state index contributed by atoms with van der Waals surface area (Å²) in [5.41, 5.74) is 0. The standard InChI is InChI=1S/C9H12O2/c1-6(10)11-9-5-7-2-3-8(9)4-7/h2-3,7-9H,4-5H2,1H3/t7-,8-,9-/m0/s1. The van der Waals surface area contributed by atoms with Crippen LogP contribution >= 0.6 is 0 Å². The fourth-order valence-corrected chi connectivity index (χ4v) is 2.08. The van der Waals surface area contributed by atoms with Crippen molar-refractivity contribution in [2.24, 2.45) is 11.8 Å². The first-order valence-corrected chi connectivity index (χ1v) is 4.11. The van der Waals surface area contributed by atoms with Gasteiger partial charge in [-0.15, -0.1) is 0 Å². The van der Waals surface area contributed by atoms with E-state index in [1.807, 2.05) is 0 Å². The number of carbonyl (C=O) groups excluding carboxylic acids is 1. The average molecular weight is 152 g/mol. The number of rotatable bonds is 1. The molecule has 0 aliphatic heterocycles. The maximum atomic E-state index is 10.6. The molecule has 0 heterocycles. The van der Waals surface area contributed by atoms with Gasteiger partial charge in [-0.1, -0.05) is 12.2 Å². The van der Waals surface area contributed by atoms with Crippen LogP contribution in [0, 0.1) is 11.8 Å². The molecule has 0 saturated heterocycles. The molecule has 2 aliphatic carbocycles. The first-order chi connectivity index (χ1) is 5.25. The van der Waals surface area contributed by atoms with Crippen molar-refractivity contribution in [2.45, 2.75) is 25.9 Å². The second kappa shape index (κ2) is 2.36. The van der Waals surface area contributed by atoms with Gasteiger partial charge in [0.15, 0.2) is 0 Å². The van der Waals surface area contributed by atoms with Gasteiger partial charge in [-0.3, -0.25) is 4.79 Å². The molecule has 0 aromatic carbocycles. The quantitative estimate of drug-likeness (QED) is 0.420. The molecule has 0 amide bonds. The van der Waals surface area contributed by atoms with Crippen LogP contribution in [0.2, 0.25) is 0 Å². The minimum absolute atomic E-state index is 0.143. The molecule has 0 spiro atoms. The third kappa shape index (κ3) is 1.17. The van der Waals surface area contributed by atoms with Gasteiger partial charge in [-0.05, 0) is 18.8 Å². The molecule has 0 N–H and O–H groups in total. The highest BCUT2D eigenvalue weighted by atomic mass is 16.5. The van der Waals surface area contributed by atoms with Gasteiger partial charge in [0, 0.05) is 12.8 Å². The van der Waals surface area contributed by atoms with Crippen LogP contribution in [-0.4, -0.2) is 12.1 Å². The minimum Gasteiger partial charge on any atom is -0.462 e. The number of carbonyl (C=O) groups is 1. The van der Waals surface area contributed by atoms with E-state index in [1.165, 1.54) is 13.3 Å². The second-order valence-electron chi connectivity index (χ2n) is 3.43. The van der Waals surface area contributed by atoms with Crippen molar-refractivity contribution in [1.82, 2.24) is 0 Å². The molecular weight excluding hydrogens is 140 g/mol. The predicted molar refractivity (Wildman–Crippen MR) is 40.9 cm³/mol. The lowest BCUT2D eigenvalue weighted by Crippen LogP contribution is -2.20. The fourth-order valence-electron chi connectivity index (χ4n) is 2.08. The number of esters is 1. The molecule has 0 unspecified atom stereocenters. The van der Waals surface area contributed by atoms with E-state index >= 15 is 0 Å². The van der Waals surface area contributed by atoms with Crippen LogP contribution in [0.25, 0.3) is 0 Å². The molecular formula is C9H12O2. The Bertz CT molecular complexity index is 208. The summed E-state index contributed by atoms with van der Waals surface area (Å²) in [6.45, 7) is 1.48. The van der Waals surface area contributed by atoms with Crippen molar-refractivity contribution in [3.8, 4) is 0 Å². The van der Waals surface area contributed by atoms with Crippen molar-refractivity contribution < 1.29 is 9.53 Å². The third-order valence-electron chi connectivity index (χ3n) is 2.54. The van der Waals surface area contributed by atoms with E-state index in [2.05, 4.69) is 12.2 Å². The smallest absolute Gasteiger partial charge is 0.302 e. The van der Waals surface area contributed by atoms with Crippen LogP contribution in [0.5, 0.6) is 0 Å². The zero-order chi connectivity index (χ0) is 7.84. The Kier molecular flexibility index (Phi) is 1.48. The Labute approximate surface area is 66.2 Å². The Hall–Kier alpha value is -0.790. The molecule has 60 valence electrons. The highest BCUT2D eigenvalue weighted by molar-refractivity contribution is 5.66. The normalized spacial score (nSPS) is 39.5. The van der Waals surface area contributed by atoms with Gasteiger partial charge in [0.25, 0.3) is 0 Å². The first kappa shape index (κ1) is 6.89. The summed E-state index contributed by atoms with van der Waals surface area (Å²) in [4.78, 5) is 10.6. The zero-order valence-corrected chi connectivity index (χ0v) is 6.62. The van der Waals surface area contributed by atoms with Crippen LogP contribution in [0.3, 0.4) is 0 Å². The van der Waals surface area contributed by atoms with E-state index in [0.29, 0.717) is 11.8 Å². The summed E-state index contributed by atoms with van der Waals surface area (Å²) in [7, 11) is 0. The highest BCUT2D eigenvalue weighted by Gasteiger charge is 2.37. The van der Waals surface area contributed by atoms with Crippen molar-refractivity contribution in [1.29, 1.82) is 0 Å². The maximum absolute atomic E-state index is 10.6. The van der Waals surface area contributed by atoms with Crippen LogP contribution in [0.4, 0.5) is 0 Å². The Morgan fingerprint density at radius 1 is 1.45 bits per heavy atom. The van der Waals surface area contributed by atoms with Crippen LogP contribution in [-0.2, 0) is 9.53 Å². The third-order valence-corrected chi connectivity index (χ3v) is 2.54. The van der Waals surface area contributed by atoms with E-state index in [1.54, 1.807) is 0 Å². The molecule has 3 atom stereocenters. The number of hydrogen-bond donors (Lipinski definition) is 0. The van der Waals surface area contributed by atoms with Crippen molar-refractivity contribution in [2.75, 3.05) is 0 Å². The van der Waals surface area contributed by atoms with E-state index in [4.69, 9.17) is 4.74 Å². The predicted octanol–water partition coefficient (Wildman–Crippen LogP) is 1.51. The summed E-state index contributed by atoms with van der Waals surface area (Å²) in [6, 6.07) is 0. The van der Waals surface area contributed by atoms with Crippen molar-refractivity contribution in [3.63, 3.8) is 0 Å². The number of ether oxygens (including phenoxy) is 1. The van der Waals surface area contributed by atoms with E-state index < -0.39 is 0 Å². The second-order valence-corrected chi connectivity index (χ2v) is 3.43. The molecule has 11 heavy (non-hydrogen) atoms. The molecule has 0 radical (unpaired) electrons. The summed E-state index contributed by atoms with van der Waals surface area (Å²) >= 11 is 0. The summed E-state index contributed by atoms with van der Waals surface area (Å²) < 4.78 is 5.15. The lowest BCUT2D eigenvalue weighted by Gasteiger charge is -2.17. The van der Waals surface area contributed by atoms with E-state index in [0.717, 1.165) is 6.42 Å². The lowest BCUT2D eigenvalue weighted by molar-refractivity contribution is -0.147. The summed E-state index contributed by atoms with van der Waals surface area (Å²) in [6.07, 6.45) is 6.84. The van der Waals surface area contributed by atoms with Gasteiger partial charge in [0.2, 0.25) is 0 Å². The molecule has 2 nitrogen and oxygen atoms in total. The van der Waals surface area contributed by atoms with Gasteiger partial charge in [-0.25, -0.2) is 0 Å². The Morgan fingerprint density at radius 3 is 2.73 bits per heavy atom. The number of fused-ring (bicyclic) bond motifs is 2. The number of allylic oxidation sites excluding steroid dienone is 1. The summed E-state index contributed by atoms with van der Waals surface area (Å²) in [5, 5.41) is 0. The molecule has 2 bridgehead atoms. The minimum atomic E-state index is -0.143. The largest absolute Gasteiger partial charge is 0.462 e. The van der Waals surface area contributed by atoms with Crippen LogP contribution in [0.15, 0.2) is 12.2 Å². The molecule has 1 saturated carbocycles. The number of hydrogen-bond acceptors (Lipinski definition) is 2. The average Bonchev–Trinajstić information content (AvgIpc) is 2.45. The molecule has 2 aliphatic rings. The molecule has 2 heteroatoms. The van der Waals surface area contributed by atoms with Gasteiger partial charge in [0.1, 0.15) is 6.10 Å². The topological polar surface area (TPSA) is 26.3 Å². The van der Waals surface area contributed by atoms with Crippen molar-refractivity contribution in [3.05, 3.63) is 12.2 Å². The molecule has 2 rings (SSSR count). The lowest BCUT2D eigenvalue weighted by atomic mass is 10.0. The molecule has 0 aromatic heterocycles. The Balaban J connectivity index is 1.98. The fraction of sp³-hybridized carbons (Fsp3) is 0.667. The maximum Gasteiger partial charge on any atom is 0.302 e. The molecule has 1 fully saturated rings. The molecule has 0 aromatic rings. The first-order valence-electron chi connectivity index (χ1n) is 4.11. The van der Waals surface area contributed by atoms with E-state index in [9.17, 15) is 4.79 Å². The van der Waals surface area contributed by atoms with E-state index in [-0.39, 0.29) is 12.1 Å². The SMILES string of the molecule is CC(=O)O[C@H]1C[C@H]2C=C[C@H]1C2. The van der Waals surface area contributed by atoms with Gasteiger partial charge in [-0.2, -0.15) is 0 Å².